The molecule has 0 unspecified atom stereocenters. The average molecular weight is 186 g/mol. The molecule has 1 rings (SSSR count). The second-order valence-corrected chi connectivity index (χ2v) is 3.78. The van der Waals surface area contributed by atoms with Crippen LogP contribution in [0.2, 0.25) is 0 Å². The van der Waals surface area contributed by atoms with Crippen LogP contribution in [0.15, 0.2) is 0 Å². The number of amides is 1. The summed E-state index contributed by atoms with van der Waals surface area (Å²) in [6.07, 6.45) is 1.25. The number of piperidine rings is 1. The zero-order chi connectivity index (χ0) is 9.84. The van der Waals surface area contributed by atoms with Gasteiger partial charge < -0.3 is 15.3 Å². The first-order valence-corrected chi connectivity index (χ1v) is 4.85. The molecule has 1 fully saturated rings. The van der Waals surface area contributed by atoms with Crippen molar-refractivity contribution in [1.29, 1.82) is 0 Å². The second kappa shape index (κ2) is 4.46. The maximum absolute atomic E-state index is 10.9. The van der Waals surface area contributed by atoms with Gasteiger partial charge in [-0.1, -0.05) is 0 Å². The highest BCUT2D eigenvalue weighted by Gasteiger charge is 2.26. The molecule has 0 radical (unpaired) electrons. The van der Waals surface area contributed by atoms with Crippen LogP contribution in [0.25, 0.3) is 0 Å². The fourth-order valence-electron chi connectivity index (χ4n) is 1.87. The van der Waals surface area contributed by atoms with Gasteiger partial charge in [-0.15, -0.1) is 0 Å². The van der Waals surface area contributed by atoms with Crippen molar-refractivity contribution < 1.29 is 9.90 Å². The van der Waals surface area contributed by atoms with Crippen molar-refractivity contribution in [1.82, 2.24) is 10.2 Å². The van der Waals surface area contributed by atoms with E-state index in [2.05, 4.69) is 5.32 Å². The van der Waals surface area contributed by atoms with Gasteiger partial charge in [0.15, 0.2) is 0 Å². The Hall–Kier alpha value is -0.770. The molecule has 1 aliphatic rings. The van der Waals surface area contributed by atoms with E-state index in [-0.39, 0.29) is 12.1 Å². The Morgan fingerprint density at radius 2 is 2.31 bits per heavy atom. The van der Waals surface area contributed by atoms with E-state index in [1.54, 1.807) is 4.90 Å². The fourth-order valence-corrected chi connectivity index (χ4v) is 1.87. The molecule has 1 saturated heterocycles. The first kappa shape index (κ1) is 10.3. The summed E-state index contributed by atoms with van der Waals surface area (Å²) >= 11 is 0. The molecule has 1 aliphatic heterocycles. The third-order valence-electron chi connectivity index (χ3n) is 2.44. The summed E-state index contributed by atoms with van der Waals surface area (Å²) in [5, 5.41) is 12.2. The monoisotopic (exact) mass is 186 g/mol. The van der Waals surface area contributed by atoms with E-state index in [0.29, 0.717) is 0 Å². The molecule has 0 bridgehead atoms. The highest BCUT2D eigenvalue weighted by Crippen LogP contribution is 2.13. The highest BCUT2D eigenvalue weighted by atomic mass is 16.4. The summed E-state index contributed by atoms with van der Waals surface area (Å²) in [4.78, 5) is 12.5. The molecule has 76 valence electrons. The van der Waals surface area contributed by atoms with Gasteiger partial charge in [-0.05, 0) is 33.2 Å². The fraction of sp³-hybridized carbons (Fsp3) is 0.889. The minimum absolute atomic E-state index is 0.0717. The topological polar surface area (TPSA) is 52.6 Å². The van der Waals surface area contributed by atoms with E-state index >= 15 is 0 Å². The van der Waals surface area contributed by atoms with Crippen molar-refractivity contribution in [2.75, 3.05) is 13.1 Å². The summed E-state index contributed by atoms with van der Waals surface area (Å²) in [6.45, 7) is 5.65. The predicted octanol–water partition coefficient (Wildman–Crippen LogP) is 1.13. The summed E-state index contributed by atoms with van der Waals surface area (Å²) in [6, 6.07) is 0.230. The lowest BCUT2D eigenvalue weighted by Crippen LogP contribution is -2.51. The first-order chi connectivity index (χ1) is 6.13. The Kier molecular flexibility index (Phi) is 3.54. The van der Waals surface area contributed by atoms with Gasteiger partial charge in [-0.3, -0.25) is 0 Å². The van der Waals surface area contributed by atoms with E-state index < -0.39 is 6.09 Å². The smallest absolute Gasteiger partial charge is 0.407 e. The van der Waals surface area contributed by atoms with Crippen molar-refractivity contribution in [3.63, 3.8) is 0 Å². The van der Waals surface area contributed by atoms with Gasteiger partial charge in [0.1, 0.15) is 0 Å². The molecular weight excluding hydrogens is 168 g/mol. The van der Waals surface area contributed by atoms with Crippen LogP contribution in [0.5, 0.6) is 0 Å². The van der Waals surface area contributed by atoms with Crippen LogP contribution in [0, 0.1) is 0 Å². The average Bonchev–Trinajstić information content (AvgIpc) is 2.04. The maximum Gasteiger partial charge on any atom is 0.407 e. The lowest BCUT2D eigenvalue weighted by atomic mass is 10.1. The Labute approximate surface area is 78.9 Å². The first-order valence-electron chi connectivity index (χ1n) is 4.85. The molecule has 4 heteroatoms. The number of nitrogens with one attached hydrogen (secondary N) is 1. The molecule has 0 aromatic heterocycles. The third-order valence-corrected chi connectivity index (χ3v) is 2.44. The number of nitrogens with zero attached hydrogens (tertiary/aromatic N) is 1. The quantitative estimate of drug-likeness (QED) is 0.679. The number of hydrogen-bond acceptors (Lipinski definition) is 2. The van der Waals surface area contributed by atoms with Crippen molar-refractivity contribution in [2.24, 2.45) is 0 Å². The summed E-state index contributed by atoms with van der Waals surface area (Å²) in [5.74, 6) is 0. The number of carbonyl (C=O) groups is 1. The van der Waals surface area contributed by atoms with E-state index in [1.165, 1.54) is 0 Å². The second-order valence-electron chi connectivity index (χ2n) is 3.78. The Morgan fingerprint density at radius 1 is 1.62 bits per heavy atom. The van der Waals surface area contributed by atoms with Crippen LogP contribution in [-0.2, 0) is 0 Å². The molecular formula is C9H18N2O2. The van der Waals surface area contributed by atoms with Gasteiger partial charge in [0.25, 0.3) is 0 Å². The largest absolute Gasteiger partial charge is 0.465 e. The van der Waals surface area contributed by atoms with Crippen molar-refractivity contribution in [2.45, 2.75) is 38.8 Å². The maximum atomic E-state index is 10.9. The van der Waals surface area contributed by atoms with E-state index in [9.17, 15) is 4.79 Å². The Morgan fingerprint density at radius 3 is 2.69 bits per heavy atom. The zero-order valence-corrected chi connectivity index (χ0v) is 8.29. The SMILES string of the molecule is CC(C)N(C(=O)O)[C@@H]1CCCNC1. The van der Waals surface area contributed by atoms with Crippen LogP contribution in [0.4, 0.5) is 4.79 Å². The van der Waals surface area contributed by atoms with Crippen molar-refractivity contribution >= 4 is 6.09 Å². The van der Waals surface area contributed by atoms with Crippen LogP contribution in [0.1, 0.15) is 26.7 Å². The molecule has 0 spiro atoms. The van der Waals surface area contributed by atoms with Crippen LogP contribution < -0.4 is 5.32 Å². The van der Waals surface area contributed by atoms with Crippen molar-refractivity contribution in [3.05, 3.63) is 0 Å². The summed E-state index contributed by atoms with van der Waals surface area (Å²) in [5.41, 5.74) is 0. The molecule has 0 aromatic carbocycles. The molecule has 4 nitrogen and oxygen atoms in total. The van der Waals surface area contributed by atoms with Gasteiger partial charge in [0, 0.05) is 18.6 Å². The normalized spacial score (nSPS) is 23.2. The highest BCUT2D eigenvalue weighted by molar-refractivity contribution is 5.65. The van der Waals surface area contributed by atoms with Crippen LogP contribution in [0.3, 0.4) is 0 Å². The molecule has 1 amide bonds. The van der Waals surface area contributed by atoms with Crippen LogP contribution >= 0.6 is 0 Å². The molecule has 2 N–H and O–H groups in total. The van der Waals surface area contributed by atoms with Crippen molar-refractivity contribution in [3.8, 4) is 0 Å². The lowest BCUT2D eigenvalue weighted by Gasteiger charge is -2.35. The molecule has 0 saturated carbocycles. The van der Waals surface area contributed by atoms with E-state index in [0.717, 1.165) is 25.9 Å². The van der Waals surface area contributed by atoms with Gasteiger partial charge in [0.05, 0.1) is 0 Å². The summed E-state index contributed by atoms with van der Waals surface area (Å²) in [7, 11) is 0. The molecule has 0 aliphatic carbocycles. The van der Waals surface area contributed by atoms with E-state index in [1.807, 2.05) is 13.8 Å². The lowest BCUT2D eigenvalue weighted by molar-refractivity contribution is 0.0975. The van der Waals surface area contributed by atoms with Gasteiger partial charge in [-0.2, -0.15) is 0 Å². The molecule has 13 heavy (non-hydrogen) atoms. The minimum atomic E-state index is -0.802. The number of hydrogen-bond donors (Lipinski definition) is 2. The molecule has 0 aromatic rings. The zero-order valence-electron chi connectivity index (χ0n) is 8.29. The Bertz CT molecular complexity index is 176. The standard InChI is InChI=1S/C9H18N2O2/c1-7(2)11(9(12)13)8-4-3-5-10-6-8/h7-8,10H,3-6H2,1-2H3,(H,12,13)/t8-/m1/s1. The van der Waals surface area contributed by atoms with Gasteiger partial charge in [0.2, 0.25) is 0 Å². The Balaban J connectivity index is 2.57. The summed E-state index contributed by atoms with van der Waals surface area (Å²) < 4.78 is 0. The number of carboxylic acid groups (broad SMARTS) is 1. The van der Waals surface area contributed by atoms with Gasteiger partial charge in [-0.25, -0.2) is 4.79 Å². The minimum Gasteiger partial charge on any atom is -0.465 e. The molecule has 1 heterocycles. The number of rotatable bonds is 2. The van der Waals surface area contributed by atoms with E-state index in [4.69, 9.17) is 5.11 Å². The van der Waals surface area contributed by atoms with Crippen LogP contribution in [-0.4, -0.2) is 41.3 Å². The van der Waals surface area contributed by atoms with Gasteiger partial charge >= 0.3 is 6.09 Å². The molecule has 1 atom stereocenters. The predicted molar refractivity (Wildman–Crippen MR) is 50.9 cm³/mol. The third kappa shape index (κ3) is 2.59.